The number of ketones is 1. The lowest BCUT2D eigenvalue weighted by Crippen LogP contribution is -2.48. The molecule has 2 rings (SSSR count). The monoisotopic (exact) mass is 268 g/mol. The van der Waals surface area contributed by atoms with E-state index in [-0.39, 0.29) is 25.2 Å². The van der Waals surface area contributed by atoms with Crippen molar-refractivity contribution in [3.8, 4) is 0 Å². The Bertz CT molecular complexity index is 468. The lowest BCUT2D eigenvalue weighted by atomic mass is 9.76. The number of carboxylic acid groups (broad SMARTS) is 1. The van der Waals surface area contributed by atoms with E-state index in [2.05, 4.69) is 0 Å². The van der Waals surface area contributed by atoms with E-state index in [9.17, 15) is 14.7 Å². The molecule has 1 atom stereocenters. The van der Waals surface area contributed by atoms with Gasteiger partial charge in [0.15, 0.2) is 11.2 Å². The summed E-state index contributed by atoms with van der Waals surface area (Å²) >= 11 is 5.77. The first-order valence-corrected chi connectivity index (χ1v) is 6.01. The molecule has 1 aliphatic rings. The number of rotatable bonds is 3. The zero-order valence-electron chi connectivity index (χ0n) is 9.69. The molecule has 1 aromatic carbocycles. The van der Waals surface area contributed by atoms with E-state index in [4.69, 9.17) is 16.3 Å². The number of benzene rings is 1. The Morgan fingerprint density at radius 2 is 2.06 bits per heavy atom. The Morgan fingerprint density at radius 1 is 1.39 bits per heavy atom. The highest BCUT2D eigenvalue weighted by atomic mass is 35.5. The summed E-state index contributed by atoms with van der Waals surface area (Å²) in [5, 5.41) is 9.93. The van der Waals surface area contributed by atoms with Gasteiger partial charge < -0.3 is 9.84 Å². The Morgan fingerprint density at radius 3 is 2.61 bits per heavy atom. The van der Waals surface area contributed by atoms with Crippen molar-refractivity contribution in [3.05, 3.63) is 34.9 Å². The molecule has 1 N–H and O–H groups in total. The van der Waals surface area contributed by atoms with Crippen LogP contribution < -0.4 is 0 Å². The van der Waals surface area contributed by atoms with Crippen LogP contribution in [0.15, 0.2) is 24.3 Å². The van der Waals surface area contributed by atoms with Crippen LogP contribution >= 0.6 is 11.6 Å². The first-order valence-electron chi connectivity index (χ1n) is 5.63. The standard InChI is InChI=1S/C13H13ClO4/c14-10-3-1-9(2-4-10)7-13(12(16)17)8-18-6-5-11(13)15/h1-4H,5-8H2,(H,16,17). The third-order valence-electron chi connectivity index (χ3n) is 3.18. The molecule has 5 heteroatoms. The molecule has 0 saturated carbocycles. The van der Waals surface area contributed by atoms with Crippen molar-refractivity contribution in [1.29, 1.82) is 0 Å². The average Bonchev–Trinajstić information content (AvgIpc) is 2.35. The molecule has 0 aromatic heterocycles. The minimum Gasteiger partial charge on any atom is -0.480 e. The van der Waals surface area contributed by atoms with Crippen molar-refractivity contribution >= 4 is 23.4 Å². The lowest BCUT2D eigenvalue weighted by molar-refractivity contribution is -0.164. The number of hydrogen-bond donors (Lipinski definition) is 1. The van der Waals surface area contributed by atoms with Crippen molar-refractivity contribution in [3.63, 3.8) is 0 Å². The van der Waals surface area contributed by atoms with E-state index in [1.807, 2.05) is 0 Å². The SMILES string of the molecule is O=C(O)C1(Cc2ccc(Cl)cc2)COCCC1=O. The number of carbonyl (C=O) groups is 2. The van der Waals surface area contributed by atoms with Crippen LogP contribution in [0.25, 0.3) is 0 Å². The van der Waals surface area contributed by atoms with Gasteiger partial charge in [0.1, 0.15) is 0 Å². The second kappa shape index (κ2) is 5.08. The largest absolute Gasteiger partial charge is 0.480 e. The number of carbonyl (C=O) groups excluding carboxylic acids is 1. The van der Waals surface area contributed by atoms with E-state index in [0.29, 0.717) is 11.6 Å². The summed E-state index contributed by atoms with van der Waals surface area (Å²) in [6, 6.07) is 6.82. The fraction of sp³-hybridized carbons (Fsp3) is 0.385. The van der Waals surface area contributed by atoms with Crippen LogP contribution in [0.5, 0.6) is 0 Å². The Hall–Kier alpha value is -1.39. The molecule has 96 valence electrons. The molecule has 1 aliphatic heterocycles. The van der Waals surface area contributed by atoms with Gasteiger partial charge in [-0.2, -0.15) is 0 Å². The zero-order valence-corrected chi connectivity index (χ0v) is 10.4. The Balaban J connectivity index is 2.28. The van der Waals surface area contributed by atoms with Gasteiger partial charge in [0, 0.05) is 11.4 Å². The minimum atomic E-state index is -1.45. The smallest absolute Gasteiger partial charge is 0.319 e. The van der Waals surface area contributed by atoms with Crippen LogP contribution in [-0.4, -0.2) is 30.1 Å². The predicted octanol–water partition coefficient (Wildman–Crippen LogP) is 1.94. The summed E-state index contributed by atoms with van der Waals surface area (Å²) in [7, 11) is 0. The van der Waals surface area contributed by atoms with Crippen LogP contribution in [0.4, 0.5) is 0 Å². The number of ether oxygens (including phenoxy) is 1. The van der Waals surface area contributed by atoms with Crippen molar-refractivity contribution in [1.82, 2.24) is 0 Å². The van der Waals surface area contributed by atoms with Gasteiger partial charge in [-0.3, -0.25) is 9.59 Å². The highest BCUT2D eigenvalue weighted by Gasteiger charge is 2.47. The maximum atomic E-state index is 11.9. The molecule has 1 saturated heterocycles. The maximum Gasteiger partial charge on any atom is 0.319 e. The van der Waals surface area contributed by atoms with E-state index in [1.165, 1.54) is 0 Å². The minimum absolute atomic E-state index is 0.0657. The summed E-state index contributed by atoms with van der Waals surface area (Å²) in [6.07, 6.45) is 0.290. The van der Waals surface area contributed by atoms with Crippen LogP contribution in [0.3, 0.4) is 0 Å². The van der Waals surface area contributed by atoms with Crippen molar-refractivity contribution < 1.29 is 19.4 Å². The second-order valence-corrected chi connectivity index (χ2v) is 4.85. The third kappa shape index (κ3) is 2.40. The fourth-order valence-electron chi connectivity index (χ4n) is 2.09. The Kier molecular flexibility index (Phi) is 3.68. The summed E-state index contributed by atoms with van der Waals surface area (Å²) in [5.41, 5.74) is -0.688. The summed E-state index contributed by atoms with van der Waals surface area (Å²) in [6.45, 7) is 0.234. The van der Waals surface area contributed by atoms with E-state index in [1.54, 1.807) is 24.3 Å². The number of hydrogen-bond acceptors (Lipinski definition) is 3. The normalized spacial score (nSPS) is 23.9. The van der Waals surface area contributed by atoms with Crippen LogP contribution in [-0.2, 0) is 20.7 Å². The summed E-state index contributed by atoms with van der Waals surface area (Å²) < 4.78 is 5.19. The van der Waals surface area contributed by atoms with Gasteiger partial charge >= 0.3 is 5.97 Å². The topological polar surface area (TPSA) is 63.6 Å². The number of carboxylic acids is 1. The van der Waals surface area contributed by atoms with Crippen molar-refractivity contribution in [2.45, 2.75) is 12.8 Å². The molecular weight excluding hydrogens is 256 g/mol. The van der Waals surface area contributed by atoms with Gasteiger partial charge in [-0.05, 0) is 24.1 Å². The van der Waals surface area contributed by atoms with Gasteiger partial charge in [0.25, 0.3) is 0 Å². The first kappa shape index (κ1) is 13.1. The van der Waals surface area contributed by atoms with Crippen LogP contribution in [0, 0.1) is 5.41 Å². The number of Topliss-reactive ketones (excluding diaryl/α,β-unsaturated/α-hetero) is 1. The van der Waals surface area contributed by atoms with Crippen molar-refractivity contribution in [2.24, 2.45) is 5.41 Å². The molecular formula is C13H13ClO4. The van der Waals surface area contributed by atoms with Crippen LogP contribution in [0.1, 0.15) is 12.0 Å². The van der Waals surface area contributed by atoms with Gasteiger partial charge in [-0.25, -0.2) is 0 Å². The van der Waals surface area contributed by atoms with Crippen LogP contribution in [0.2, 0.25) is 5.02 Å². The molecule has 0 amide bonds. The van der Waals surface area contributed by atoms with E-state index < -0.39 is 11.4 Å². The fourth-order valence-corrected chi connectivity index (χ4v) is 2.21. The quantitative estimate of drug-likeness (QED) is 0.851. The molecule has 0 spiro atoms. The zero-order chi connectivity index (χ0) is 13.2. The first-order chi connectivity index (χ1) is 8.54. The molecule has 0 bridgehead atoms. The highest BCUT2D eigenvalue weighted by molar-refractivity contribution is 6.30. The summed E-state index contributed by atoms with van der Waals surface area (Å²) in [4.78, 5) is 23.4. The predicted molar refractivity (Wildman–Crippen MR) is 65.7 cm³/mol. The molecule has 1 aromatic rings. The molecule has 1 unspecified atom stereocenters. The van der Waals surface area contributed by atoms with Crippen molar-refractivity contribution in [2.75, 3.05) is 13.2 Å². The molecule has 1 heterocycles. The van der Waals surface area contributed by atoms with Gasteiger partial charge in [-0.1, -0.05) is 23.7 Å². The van der Waals surface area contributed by atoms with Gasteiger partial charge in [-0.15, -0.1) is 0 Å². The third-order valence-corrected chi connectivity index (χ3v) is 3.44. The highest BCUT2D eigenvalue weighted by Crippen LogP contribution is 2.30. The maximum absolute atomic E-state index is 11.9. The van der Waals surface area contributed by atoms with E-state index >= 15 is 0 Å². The number of aliphatic carboxylic acids is 1. The molecule has 1 fully saturated rings. The molecule has 0 aliphatic carbocycles. The molecule has 18 heavy (non-hydrogen) atoms. The van der Waals surface area contributed by atoms with Gasteiger partial charge in [0.05, 0.1) is 13.2 Å². The number of halogens is 1. The lowest BCUT2D eigenvalue weighted by Gasteiger charge is -2.31. The van der Waals surface area contributed by atoms with Gasteiger partial charge in [0.2, 0.25) is 0 Å². The van der Waals surface area contributed by atoms with E-state index in [0.717, 1.165) is 5.56 Å². The Labute approximate surface area is 110 Å². The summed E-state index contributed by atoms with van der Waals surface area (Å²) in [5.74, 6) is -1.39. The second-order valence-electron chi connectivity index (χ2n) is 4.42. The average molecular weight is 269 g/mol. The molecule has 4 nitrogen and oxygen atoms in total. The molecule has 0 radical (unpaired) electrons.